The van der Waals surface area contributed by atoms with Crippen molar-refractivity contribution in [1.82, 2.24) is 4.90 Å². The molecule has 0 aromatic heterocycles. The molecule has 1 fully saturated rings. The first-order valence-electron chi connectivity index (χ1n) is 5.99. The number of amides is 1. The van der Waals surface area contributed by atoms with Gasteiger partial charge in [-0.05, 0) is 34.8 Å². The summed E-state index contributed by atoms with van der Waals surface area (Å²) in [6.45, 7) is 1.13. The van der Waals surface area contributed by atoms with Crippen molar-refractivity contribution >= 4 is 27.5 Å². The molecule has 0 radical (unpaired) electrons. The number of rotatable bonds is 3. The predicted octanol–water partition coefficient (Wildman–Crippen LogP) is 1.92. The highest BCUT2D eigenvalue weighted by molar-refractivity contribution is 9.10. The van der Waals surface area contributed by atoms with Gasteiger partial charge in [-0.2, -0.15) is 0 Å². The average molecular weight is 328 g/mol. The lowest BCUT2D eigenvalue weighted by molar-refractivity contribution is -0.384. The first-order chi connectivity index (χ1) is 9.04. The van der Waals surface area contributed by atoms with E-state index in [-0.39, 0.29) is 17.6 Å². The standard InChI is InChI=1S/C12H14BrN3O3/c13-11-6-8(16(18)19)3-4-10(11)12(17)15-5-1-2-9(15)7-14/h3-4,6,9H,1-2,5,7,14H2. The molecule has 19 heavy (non-hydrogen) atoms. The molecular formula is C12H14BrN3O3. The van der Waals surface area contributed by atoms with Crippen molar-refractivity contribution in [2.45, 2.75) is 18.9 Å². The predicted molar refractivity (Wildman–Crippen MR) is 73.9 cm³/mol. The lowest BCUT2D eigenvalue weighted by Gasteiger charge is -2.23. The van der Waals surface area contributed by atoms with E-state index in [1.165, 1.54) is 18.2 Å². The molecule has 7 heteroatoms. The zero-order valence-electron chi connectivity index (χ0n) is 10.2. The first kappa shape index (κ1) is 14.0. The maximum absolute atomic E-state index is 12.4. The van der Waals surface area contributed by atoms with Gasteiger partial charge in [-0.1, -0.05) is 0 Å². The van der Waals surface area contributed by atoms with Gasteiger partial charge in [0.25, 0.3) is 11.6 Å². The molecule has 1 saturated heterocycles. The molecule has 1 aliphatic heterocycles. The fourth-order valence-corrected chi connectivity index (χ4v) is 2.83. The Balaban J connectivity index is 2.26. The number of carbonyl (C=O) groups excluding carboxylic acids is 1. The van der Waals surface area contributed by atoms with Crippen LogP contribution in [-0.2, 0) is 0 Å². The van der Waals surface area contributed by atoms with Crippen LogP contribution >= 0.6 is 15.9 Å². The number of nitrogens with zero attached hydrogens (tertiary/aromatic N) is 2. The molecule has 0 spiro atoms. The SMILES string of the molecule is NCC1CCCN1C(=O)c1ccc([N+](=O)[O-])cc1Br. The fraction of sp³-hybridized carbons (Fsp3) is 0.417. The van der Waals surface area contributed by atoms with Crippen LogP contribution in [0, 0.1) is 10.1 Å². The number of nitro groups is 1. The third kappa shape index (κ3) is 2.76. The minimum Gasteiger partial charge on any atom is -0.334 e. The van der Waals surface area contributed by atoms with Crippen molar-refractivity contribution in [3.8, 4) is 0 Å². The normalized spacial score (nSPS) is 18.6. The molecular weight excluding hydrogens is 314 g/mol. The Labute approximate surface area is 118 Å². The summed E-state index contributed by atoms with van der Waals surface area (Å²) < 4.78 is 0.439. The summed E-state index contributed by atoms with van der Waals surface area (Å²) in [4.78, 5) is 24.3. The Bertz CT molecular complexity index is 521. The summed E-state index contributed by atoms with van der Waals surface area (Å²) in [6.07, 6.45) is 1.85. The van der Waals surface area contributed by atoms with Crippen molar-refractivity contribution in [1.29, 1.82) is 0 Å². The van der Waals surface area contributed by atoms with Gasteiger partial charge in [-0.3, -0.25) is 14.9 Å². The van der Waals surface area contributed by atoms with E-state index in [1.54, 1.807) is 4.90 Å². The van der Waals surface area contributed by atoms with Crippen molar-refractivity contribution in [2.24, 2.45) is 5.73 Å². The van der Waals surface area contributed by atoms with Gasteiger partial charge in [0.1, 0.15) is 0 Å². The highest BCUT2D eigenvalue weighted by Gasteiger charge is 2.29. The van der Waals surface area contributed by atoms with Crippen LogP contribution in [0.25, 0.3) is 0 Å². The summed E-state index contributed by atoms with van der Waals surface area (Å²) in [5.74, 6) is -0.130. The minimum atomic E-state index is -0.489. The van der Waals surface area contributed by atoms with E-state index in [9.17, 15) is 14.9 Å². The van der Waals surface area contributed by atoms with Crippen molar-refractivity contribution < 1.29 is 9.72 Å². The molecule has 1 atom stereocenters. The molecule has 1 amide bonds. The summed E-state index contributed by atoms with van der Waals surface area (Å²) >= 11 is 3.22. The second-order valence-corrected chi connectivity index (χ2v) is 5.31. The topological polar surface area (TPSA) is 89.5 Å². The highest BCUT2D eigenvalue weighted by Crippen LogP contribution is 2.26. The van der Waals surface area contributed by atoms with E-state index >= 15 is 0 Å². The molecule has 2 N–H and O–H groups in total. The van der Waals surface area contributed by atoms with E-state index < -0.39 is 4.92 Å². The van der Waals surface area contributed by atoms with Gasteiger partial charge in [0, 0.05) is 35.7 Å². The van der Waals surface area contributed by atoms with E-state index in [4.69, 9.17) is 5.73 Å². The smallest absolute Gasteiger partial charge is 0.270 e. The van der Waals surface area contributed by atoms with E-state index in [2.05, 4.69) is 15.9 Å². The van der Waals surface area contributed by atoms with Crippen LogP contribution in [-0.4, -0.2) is 34.9 Å². The van der Waals surface area contributed by atoms with Crippen molar-refractivity contribution in [3.05, 3.63) is 38.3 Å². The highest BCUT2D eigenvalue weighted by atomic mass is 79.9. The summed E-state index contributed by atoms with van der Waals surface area (Å²) in [7, 11) is 0. The second-order valence-electron chi connectivity index (χ2n) is 4.45. The molecule has 1 aliphatic rings. The summed E-state index contributed by atoms with van der Waals surface area (Å²) in [6, 6.07) is 4.23. The lowest BCUT2D eigenvalue weighted by atomic mass is 10.1. The number of hydrogen-bond acceptors (Lipinski definition) is 4. The Morgan fingerprint density at radius 3 is 2.89 bits per heavy atom. The molecule has 102 valence electrons. The second kappa shape index (κ2) is 5.66. The third-order valence-electron chi connectivity index (χ3n) is 3.30. The summed E-state index contributed by atoms with van der Waals surface area (Å²) in [5, 5.41) is 10.7. The van der Waals surface area contributed by atoms with Crippen LogP contribution in [0.5, 0.6) is 0 Å². The molecule has 1 heterocycles. The van der Waals surface area contributed by atoms with Crippen LogP contribution in [0.2, 0.25) is 0 Å². The van der Waals surface area contributed by atoms with Gasteiger partial charge in [0.2, 0.25) is 0 Å². The zero-order chi connectivity index (χ0) is 14.0. The monoisotopic (exact) mass is 327 g/mol. The molecule has 1 unspecified atom stereocenters. The molecule has 0 bridgehead atoms. The number of halogens is 1. The van der Waals surface area contributed by atoms with Gasteiger partial charge < -0.3 is 10.6 Å². The van der Waals surface area contributed by atoms with Crippen LogP contribution in [0.1, 0.15) is 23.2 Å². The van der Waals surface area contributed by atoms with Crippen LogP contribution in [0.15, 0.2) is 22.7 Å². The molecule has 0 aliphatic carbocycles. The van der Waals surface area contributed by atoms with Crippen molar-refractivity contribution in [3.63, 3.8) is 0 Å². The number of likely N-dealkylation sites (tertiary alicyclic amines) is 1. The Kier molecular flexibility index (Phi) is 4.16. The van der Waals surface area contributed by atoms with Crippen LogP contribution in [0.3, 0.4) is 0 Å². The quantitative estimate of drug-likeness (QED) is 0.678. The third-order valence-corrected chi connectivity index (χ3v) is 3.96. The van der Waals surface area contributed by atoms with Crippen LogP contribution in [0.4, 0.5) is 5.69 Å². The Morgan fingerprint density at radius 2 is 2.32 bits per heavy atom. The lowest BCUT2D eigenvalue weighted by Crippen LogP contribution is -2.40. The van der Waals surface area contributed by atoms with Gasteiger partial charge in [0.15, 0.2) is 0 Å². The van der Waals surface area contributed by atoms with E-state index in [0.717, 1.165) is 12.8 Å². The maximum atomic E-state index is 12.4. The van der Waals surface area contributed by atoms with E-state index in [0.29, 0.717) is 23.1 Å². The van der Waals surface area contributed by atoms with Crippen LogP contribution < -0.4 is 5.73 Å². The number of nitro benzene ring substituents is 1. The largest absolute Gasteiger partial charge is 0.334 e. The number of hydrogen-bond donors (Lipinski definition) is 1. The molecule has 0 saturated carbocycles. The molecule has 2 rings (SSSR count). The number of nitrogens with two attached hydrogens (primary N) is 1. The molecule has 1 aromatic carbocycles. The Morgan fingerprint density at radius 1 is 1.58 bits per heavy atom. The Hall–Kier alpha value is -1.47. The van der Waals surface area contributed by atoms with Gasteiger partial charge in [0.05, 0.1) is 10.5 Å². The number of carbonyl (C=O) groups is 1. The summed E-state index contributed by atoms with van der Waals surface area (Å²) in [5.41, 5.74) is 6.04. The fourth-order valence-electron chi connectivity index (χ4n) is 2.29. The van der Waals surface area contributed by atoms with Gasteiger partial charge in [-0.15, -0.1) is 0 Å². The van der Waals surface area contributed by atoms with Gasteiger partial charge >= 0.3 is 0 Å². The number of benzene rings is 1. The molecule has 1 aromatic rings. The zero-order valence-corrected chi connectivity index (χ0v) is 11.8. The van der Waals surface area contributed by atoms with Crippen molar-refractivity contribution in [2.75, 3.05) is 13.1 Å². The van der Waals surface area contributed by atoms with Gasteiger partial charge in [-0.25, -0.2) is 0 Å². The molecule has 6 nitrogen and oxygen atoms in total. The number of non-ortho nitro benzene ring substituents is 1. The van der Waals surface area contributed by atoms with E-state index in [1.807, 2.05) is 0 Å². The maximum Gasteiger partial charge on any atom is 0.270 e. The first-order valence-corrected chi connectivity index (χ1v) is 6.79. The minimum absolute atomic E-state index is 0.0415. The average Bonchev–Trinajstić information content (AvgIpc) is 2.85.